The van der Waals surface area contributed by atoms with Gasteiger partial charge in [-0.3, -0.25) is 14.5 Å². The van der Waals surface area contributed by atoms with Crippen LogP contribution in [-0.4, -0.2) is 48.1 Å². The average Bonchev–Trinajstić information content (AvgIpc) is 1.84. The third-order valence-electron chi connectivity index (χ3n) is 1.18. The summed E-state index contributed by atoms with van der Waals surface area (Å²) in [7, 11) is 0. The molecule has 0 saturated carbocycles. The molecule has 0 unspecified atom stereocenters. The second-order valence-electron chi connectivity index (χ2n) is 2.36. The Morgan fingerprint density at radius 1 is 1.33 bits per heavy atom. The van der Waals surface area contributed by atoms with Crippen LogP contribution in [0.15, 0.2) is 0 Å². The highest BCUT2D eigenvalue weighted by Crippen LogP contribution is 1.85. The predicted octanol–water partition coefficient (Wildman–Crippen LogP) is -2.18. The molecule has 0 saturated heterocycles. The summed E-state index contributed by atoms with van der Waals surface area (Å²) in [5, 5.41) is 8.39. The van der Waals surface area contributed by atoms with E-state index in [1.54, 1.807) is 0 Å². The molecule has 0 atom stereocenters. The van der Waals surface area contributed by atoms with Crippen molar-refractivity contribution >= 4 is 11.9 Å². The van der Waals surface area contributed by atoms with Crippen molar-refractivity contribution in [3.8, 4) is 0 Å². The molecule has 0 fully saturated rings. The zero-order valence-corrected chi connectivity index (χ0v) is 6.69. The first kappa shape index (κ1) is 10.9. The largest absolute Gasteiger partial charge is 0.480 e. The fourth-order valence-corrected chi connectivity index (χ4v) is 0.808. The van der Waals surface area contributed by atoms with Gasteiger partial charge in [-0.05, 0) is 0 Å². The standard InChI is InChI=1S/C6H13N3O3/c7-1-2-9(3-5(8)10)4-6(11)12/h1-4,7H2,(H2,8,10)(H,11,12). The third kappa shape index (κ3) is 5.63. The molecule has 5 N–H and O–H groups in total. The summed E-state index contributed by atoms with van der Waals surface area (Å²) in [5.41, 5.74) is 10.1. The number of hydrogen-bond acceptors (Lipinski definition) is 4. The highest BCUT2D eigenvalue weighted by molar-refractivity contribution is 5.77. The number of nitrogens with zero attached hydrogens (tertiary/aromatic N) is 1. The normalized spacial score (nSPS) is 10.2. The zero-order valence-electron chi connectivity index (χ0n) is 6.69. The van der Waals surface area contributed by atoms with Crippen molar-refractivity contribution in [1.29, 1.82) is 0 Å². The van der Waals surface area contributed by atoms with Gasteiger partial charge in [0.2, 0.25) is 5.91 Å². The quantitative estimate of drug-likeness (QED) is 0.425. The third-order valence-corrected chi connectivity index (χ3v) is 1.18. The molecule has 1 amide bonds. The number of rotatable bonds is 6. The summed E-state index contributed by atoms with van der Waals surface area (Å²) < 4.78 is 0. The number of aliphatic carboxylic acids is 1. The average molecular weight is 175 g/mol. The molecule has 0 heterocycles. The van der Waals surface area contributed by atoms with Crippen LogP contribution in [0.2, 0.25) is 0 Å². The highest BCUT2D eigenvalue weighted by atomic mass is 16.4. The van der Waals surface area contributed by atoms with E-state index in [-0.39, 0.29) is 13.1 Å². The SMILES string of the molecule is NCCN(CC(N)=O)CC(=O)O. The summed E-state index contributed by atoms with van der Waals surface area (Å²) in [4.78, 5) is 22.0. The first-order valence-corrected chi connectivity index (χ1v) is 3.48. The van der Waals surface area contributed by atoms with Crippen LogP contribution in [-0.2, 0) is 9.59 Å². The molecular weight excluding hydrogens is 162 g/mol. The van der Waals surface area contributed by atoms with E-state index in [0.717, 1.165) is 0 Å². The van der Waals surface area contributed by atoms with Gasteiger partial charge in [-0.1, -0.05) is 0 Å². The first-order valence-electron chi connectivity index (χ1n) is 3.48. The molecule has 0 aliphatic heterocycles. The highest BCUT2D eigenvalue weighted by Gasteiger charge is 2.10. The lowest BCUT2D eigenvalue weighted by atomic mass is 10.4. The molecule has 0 aromatic rings. The Kier molecular flexibility index (Phi) is 4.98. The van der Waals surface area contributed by atoms with E-state index in [0.29, 0.717) is 13.1 Å². The minimum absolute atomic E-state index is 0.0660. The smallest absolute Gasteiger partial charge is 0.317 e. The molecule has 0 rings (SSSR count). The summed E-state index contributed by atoms with van der Waals surface area (Å²) in [6.45, 7) is 0.388. The van der Waals surface area contributed by atoms with E-state index in [9.17, 15) is 9.59 Å². The Bertz CT molecular complexity index is 155. The number of carboxylic acids is 1. The van der Waals surface area contributed by atoms with E-state index >= 15 is 0 Å². The fourth-order valence-electron chi connectivity index (χ4n) is 0.808. The molecule has 0 bridgehead atoms. The molecule has 6 nitrogen and oxygen atoms in total. The number of primary amides is 1. The number of hydrogen-bond donors (Lipinski definition) is 3. The first-order chi connectivity index (χ1) is 5.56. The minimum Gasteiger partial charge on any atom is -0.480 e. The van der Waals surface area contributed by atoms with Crippen molar-refractivity contribution in [2.24, 2.45) is 11.5 Å². The zero-order chi connectivity index (χ0) is 9.56. The number of carboxylic acid groups (broad SMARTS) is 1. The van der Waals surface area contributed by atoms with Crippen molar-refractivity contribution in [2.45, 2.75) is 0 Å². The van der Waals surface area contributed by atoms with Gasteiger partial charge in [0.25, 0.3) is 0 Å². The Morgan fingerprint density at radius 2 is 1.92 bits per heavy atom. The molecule has 6 heteroatoms. The fraction of sp³-hybridized carbons (Fsp3) is 0.667. The van der Waals surface area contributed by atoms with E-state index in [1.165, 1.54) is 4.90 Å². The molecule has 70 valence electrons. The summed E-state index contributed by atoms with van der Waals surface area (Å²) in [6.07, 6.45) is 0. The van der Waals surface area contributed by atoms with Gasteiger partial charge in [0.05, 0.1) is 13.1 Å². The minimum atomic E-state index is -0.996. The van der Waals surface area contributed by atoms with Crippen LogP contribution >= 0.6 is 0 Å². The Hall–Kier alpha value is -1.14. The molecule has 0 aliphatic rings. The van der Waals surface area contributed by atoms with Gasteiger partial charge in [-0.25, -0.2) is 0 Å². The van der Waals surface area contributed by atoms with Crippen LogP contribution in [0.25, 0.3) is 0 Å². The Morgan fingerprint density at radius 3 is 2.25 bits per heavy atom. The summed E-state index contributed by atoms with van der Waals surface area (Å²) >= 11 is 0. The Balaban J connectivity index is 3.85. The lowest BCUT2D eigenvalue weighted by Gasteiger charge is -2.16. The van der Waals surface area contributed by atoms with Crippen LogP contribution < -0.4 is 11.5 Å². The van der Waals surface area contributed by atoms with Gasteiger partial charge in [0.1, 0.15) is 0 Å². The molecule has 0 aromatic heterocycles. The van der Waals surface area contributed by atoms with Crippen LogP contribution in [0.3, 0.4) is 0 Å². The lowest BCUT2D eigenvalue weighted by Crippen LogP contribution is -2.40. The van der Waals surface area contributed by atoms with Crippen molar-refractivity contribution in [2.75, 3.05) is 26.2 Å². The maximum absolute atomic E-state index is 10.4. The number of amides is 1. The maximum atomic E-state index is 10.4. The Labute approximate surface area is 70.1 Å². The van der Waals surface area contributed by atoms with Crippen molar-refractivity contribution in [3.05, 3.63) is 0 Å². The van der Waals surface area contributed by atoms with Crippen LogP contribution in [0.4, 0.5) is 0 Å². The van der Waals surface area contributed by atoms with Crippen molar-refractivity contribution in [1.82, 2.24) is 4.90 Å². The molecule has 0 spiro atoms. The van der Waals surface area contributed by atoms with E-state index in [2.05, 4.69) is 0 Å². The molecule has 0 aliphatic carbocycles. The molecule has 0 aromatic carbocycles. The monoisotopic (exact) mass is 175 g/mol. The van der Waals surface area contributed by atoms with Crippen LogP contribution in [0, 0.1) is 0 Å². The number of carbonyl (C=O) groups is 2. The predicted molar refractivity (Wildman–Crippen MR) is 42.3 cm³/mol. The lowest BCUT2D eigenvalue weighted by molar-refractivity contribution is -0.138. The van der Waals surface area contributed by atoms with Gasteiger partial charge in [0, 0.05) is 13.1 Å². The second-order valence-corrected chi connectivity index (χ2v) is 2.36. The van der Waals surface area contributed by atoms with Crippen LogP contribution in [0.5, 0.6) is 0 Å². The van der Waals surface area contributed by atoms with Crippen molar-refractivity contribution in [3.63, 3.8) is 0 Å². The van der Waals surface area contributed by atoms with E-state index in [1.807, 2.05) is 0 Å². The van der Waals surface area contributed by atoms with Gasteiger partial charge in [-0.2, -0.15) is 0 Å². The number of nitrogens with two attached hydrogens (primary N) is 2. The van der Waals surface area contributed by atoms with Gasteiger partial charge in [0.15, 0.2) is 0 Å². The molecule has 12 heavy (non-hydrogen) atoms. The second kappa shape index (κ2) is 5.50. The molecular formula is C6H13N3O3. The summed E-state index contributed by atoms with van der Waals surface area (Å²) in [5.74, 6) is -1.55. The maximum Gasteiger partial charge on any atom is 0.317 e. The van der Waals surface area contributed by atoms with E-state index in [4.69, 9.17) is 16.6 Å². The van der Waals surface area contributed by atoms with E-state index < -0.39 is 11.9 Å². The molecule has 0 radical (unpaired) electrons. The van der Waals surface area contributed by atoms with Crippen molar-refractivity contribution < 1.29 is 14.7 Å². The van der Waals surface area contributed by atoms with Gasteiger partial charge >= 0.3 is 5.97 Å². The van der Waals surface area contributed by atoms with Gasteiger partial charge < -0.3 is 16.6 Å². The summed E-state index contributed by atoms with van der Waals surface area (Å²) in [6, 6.07) is 0. The number of carbonyl (C=O) groups excluding carboxylic acids is 1. The topological polar surface area (TPSA) is 110 Å². The van der Waals surface area contributed by atoms with Crippen LogP contribution in [0.1, 0.15) is 0 Å². The van der Waals surface area contributed by atoms with Gasteiger partial charge in [-0.15, -0.1) is 0 Å².